The van der Waals surface area contributed by atoms with E-state index >= 15 is 0 Å². The molecule has 3 N–H and O–H groups in total. The Morgan fingerprint density at radius 3 is 2.56 bits per heavy atom. The molecular formula is C16H15ClN4O4. The van der Waals surface area contributed by atoms with Crippen molar-refractivity contribution in [1.82, 2.24) is 19.5 Å². The van der Waals surface area contributed by atoms with Gasteiger partial charge in [0.25, 0.3) is 0 Å². The number of halogens is 1. The van der Waals surface area contributed by atoms with Crippen LogP contribution in [0.3, 0.4) is 0 Å². The molecular weight excluding hydrogens is 348 g/mol. The summed E-state index contributed by atoms with van der Waals surface area (Å²) in [6.07, 6.45) is -2.82. The van der Waals surface area contributed by atoms with Crippen LogP contribution in [0.2, 0.25) is 5.28 Å². The summed E-state index contributed by atoms with van der Waals surface area (Å²) >= 11 is 6.07. The van der Waals surface area contributed by atoms with Gasteiger partial charge >= 0.3 is 0 Å². The molecule has 0 amide bonds. The van der Waals surface area contributed by atoms with E-state index in [9.17, 15) is 15.3 Å². The number of aliphatic hydroxyl groups is 3. The third-order valence-corrected chi connectivity index (χ3v) is 4.40. The maximum Gasteiger partial charge on any atom is 0.225 e. The monoisotopic (exact) mass is 362 g/mol. The van der Waals surface area contributed by atoms with Crippen molar-refractivity contribution in [2.45, 2.75) is 24.5 Å². The molecule has 130 valence electrons. The molecule has 0 spiro atoms. The van der Waals surface area contributed by atoms with Gasteiger partial charge in [-0.05, 0) is 11.6 Å². The van der Waals surface area contributed by atoms with Gasteiger partial charge in [0.2, 0.25) is 5.28 Å². The normalized spacial score (nSPS) is 26.4. The van der Waals surface area contributed by atoms with Crippen molar-refractivity contribution in [3.05, 3.63) is 41.9 Å². The summed E-state index contributed by atoms with van der Waals surface area (Å²) in [7, 11) is 0. The molecule has 1 aromatic carbocycles. The maximum absolute atomic E-state index is 10.2. The summed E-state index contributed by atoms with van der Waals surface area (Å²) in [5, 5.41) is 29.5. The maximum atomic E-state index is 10.2. The number of aromatic nitrogens is 4. The summed E-state index contributed by atoms with van der Waals surface area (Å²) in [6.45, 7) is -0.410. The molecule has 3 aromatic rings. The Labute approximate surface area is 147 Å². The summed E-state index contributed by atoms with van der Waals surface area (Å²) in [5.41, 5.74) is 2.24. The van der Waals surface area contributed by atoms with Crippen LogP contribution in [-0.4, -0.2) is 59.8 Å². The summed E-state index contributed by atoms with van der Waals surface area (Å²) in [5.74, 6) is 0. The van der Waals surface area contributed by atoms with E-state index < -0.39 is 31.1 Å². The summed E-state index contributed by atoms with van der Waals surface area (Å²) in [6, 6.07) is 9.40. The molecule has 0 unspecified atom stereocenters. The molecule has 8 nitrogen and oxygen atoms in total. The van der Waals surface area contributed by atoms with E-state index in [4.69, 9.17) is 16.3 Å². The van der Waals surface area contributed by atoms with Gasteiger partial charge in [-0.1, -0.05) is 30.3 Å². The van der Waals surface area contributed by atoms with Crippen molar-refractivity contribution in [2.75, 3.05) is 6.61 Å². The van der Waals surface area contributed by atoms with Gasteiger partial charge in [-0.25, -0.2) is 9.97 Å². The minimum atomic E-state index is -1.23. The number of imidazole rings is 1. The second-order valence-electron chi connectivity index (χ2n) is 5.76. The Morgan fingerprint density at radius 1 is 1.12 bits per heavy atom. The van der Waals surface area contributed by atoms with Crippen LogP contribution in [-0.2, 0) is 4.74 Å². The lowest BCUT2D eigenvalue weighted by Crippen LogP contribution is -2.33. The molecule has 1 saturated heterocycles. The molecule has 1 aliphatic heterocycles. The summed E-state index contributed by atoms with van der Waals surface area (Å²) < 4.78 is 7.03. The highest BCUT2D eigenvalue weighted by Gasteiger charge is 2.44. The molecule has 4 atom stereocenters. The quantitative estimate of drug-likeness (QED) is 0.589. The highest BCUT2D eigenvalue weighted by molar-refractivity contribution is 6.28. The van der Waals surface area contributed by atoms with Gasteiger partial charge in [-0.2, -0.15) is 4.98 Å². The fourth-order valence-electron chi connectivity index (χ4n) is 2.98. The average molecular weight is 363 g/mol. The van der Waals surface area contributed by atoms with Crippen LogP contribution in [0, 0.1) is 0 Å². The molecule has 3 heterocycles. The van der Waals surface area contributed by atoms with E-state index in [1.54, 1.807) is 0 Å². The van der Waals surface area contributed by atoms with Gasteiger partial charge in [-0.15, -0.1) is 0 Å². The fourth-order valence-corrected chi connectivity index (χ4v) is 3.15. The zero-order valence-corrected chi connectivity index (χ0v) is 13.7. The van der Waals surface area contributed by atoms with Crippen molar-refractivity contribution in [3.63, 3.8) is 0 Å². The van der Waals surface area contributed by atoms with Crippen molar-refractivity contribution in [3.8, 4) is 11.3 Å². The zero-order valence-electron chi connectivity index (χ0n) is 12.9. The van der Waals surface area contributed by atoms with Crippen LogP contribution < -0.4 is 0 Å². The lowest BCUT2D eigenvalue weighted by atomic mass is 10.1. The van der Waals surface area contributed by atoms with Gasteiger partial charge in [-0.3, -0.25) is 4.57 Å². The third-order valence-electron chi connectivity index (χ3n) is 4.23. The average Bonchev–Trinajstić information content (AvgIpc) is 3.16. The van der Waals surface area contributed by atoms with Gasteiger partial charge in [0, 0.05) is 5.56 Å². The highest BCUT2D eigenvalue weighted by atomic mass is 35.5. The topological polar surface area (TPSA) is 114 Å². The predicted octanol–water partition coefficient (Wildman–Crippen LogP) is 0.758. The molecule has 0 bridgehead atoms. The first-order chi connectivity index (χ1) is 12.1. The van der Waals surface area contributed by atoms with E-state index in [1.807, 2.05) is 30.3 Å². The first-order valence-corrected chi connectivity index (χ1v) is 8.06. The standard InChI is InChI=1S/C16H15ClN4O4/c17-16-19-10(8-4-2-1-3-5-8)11-14(20-16)21(7-18-11)15-13(24)12(23)9(6-22)25-15/h1-5,7,9,12-13,15,22-24H,6H2/t9-,12-,13-,15-/m1/s1. The fraction of sp³-hybridized carbons (Fsp3) is 0.312. The number of aliphatic hydroxyl groups excluding tert-OH is 3. The van der Waals surface area contributed by atoms with Crippen LogP contribution >= 0.6 is 11.6 Å². The SMILES string of the molecule is OC[C@H]1O[C@@H](n2cnc3c(-c4ccccc4)nc(Cl)nc32)[C@H](O)[C@@H]1O. The predicted molar refractivity (Wildman–Crippen MR) is 88.8 cm³/mol. The van der Waals surface area contributed by atoms with Gasteiger partial charge in [0.15, 0.2) is 11.9 Å². The van der Waals surface area contributed by atoms with Crippen LogP contribution in [0.1, 0.15) is 6.23 Å². The first-order valence-electron chi connectivity index (χ1n) is 7.68. The minimum Gasteiger partial charge on any atom is -0.394 e. The molecule has 25 heavy (non-hydrogen) atoms. The first kappa shape index (κ1) is 16.4. The molecule has 1 aliphatic rings. The Bertz CT molecular complexity index is 904. The van der Waals surface area contributed by atoms with Crippen molar-refractivity contribution >= 4 is 22.8 Å². The van der Waals surface area contributed by atoms with E-state index in [0.29, 0.717) is 16.9 Å². The smallest absolute Gasteiger partial charge is 0.225 e. The van der Waals surface area contributed by atoms with Crippen molar-refractivity contribution in [1.29, 1.82) is 0 Å². The van der Waals surface area contributed by atoms with E-state index in [-0.39, 0.29) is 5.28 Å². The Balaban J connectivity index is 1.84. The number of hydrogen-bond donors (Lipinski definition) is 3. The van der Waals surface area contributed by atoms with E-state index in [1.165, 1.54) is 10.9 Å². The number of hydrogen-bond acceptors (Lipinski definition) is 7. The lowest BCUT2D eigenvalue weighted by molar-refractivity contribution is -0.0511. The van der Waals surface area contributed by atoms with Crippen molar-refractivity contribution < 1.29 is 20.1 Å². The number of ether oxygens (including phenoxy) is 1. The molecule has 0 radical (unpaired) electrons. The number of nitrogens with zero attached hydrogens (tertiary/aromatic N) is 4. The van der Waals surface area contributed by atoms with E-state index in [0.717, 1.165) is 5.56 Å². The van der Waals surface area contributed by atoms with Gasteiger partial charge in [0.05, 0.1) is 12.9 Å². The molecule has 2 aromatic heterocycles. The lowest BCUT2D eigenvalue weighted by Gasteiger charge is -2.16. The summed E-state index contributed by atoms with van der Waals surface area (Å²) in [4.78, 5) is 12.8. The molecule has 0 saturated carbocycles. The third kappa shape index (κ3) is 2.68. The van der Waals surface area contributed by atoms with Gasteiger partial charge in [0.1, 0.15) is 29.5 Å². The second kappa shape index (κ2) is 6.32. The number of benzene rings is 1. The Kier molecular flexibility index (Phi) is 4.14. The second-order valence-corrected chi connectivity index (χ2v) is 6.10. The van der Waals surface area contributed by atoms with Crippen LogP contribution in [0.25, 0.3) is 22.4 Å². The molecule has 4 rings (SSSR count). The zero-order chi connectivity index (χ0) is 17.6. The number of rotatable bonds is 3. The van der Waals surface area contributed by atoms with E-state index in [2.05, 4.69) is 15.0 Å². The van der Waals surface area contributed by atoms with Crippen LogP contribution in [0.5, 0.6) is 0 Å². The molecule has 0 aliphatic carbocycles. The highest BCUT2D eigenvalue weighted by Crippen LogP contribution is 2.33. The molecule has 9 heteroatoms. The Hall–Kier alpha value is -2.10. The van der Waals surface area contributed by atoms with Crippen LogP contribution in [0.4, 0.5) is 0 Å². The minimum absolute atomic E-state index is 0.0276. The van der Waals surface area contributed by atoms with Crippen molar-refractivity contribution in [2.24, 2.45) is 0 Å². The molecule has 1 fully saturated rings. The van der Waals surface area contributed by atoms with Gasteiger partial charge < -0.3 is 20.1 Å². The van der Waals surface area contributed by atoms with Crippen LogP contribution in [0.15, 0.2) is 36.7 Å². The number of fused-ring (bicyclic) bond motifs is 1. The largest absolute Gasteiger partial charge is 0.394 e. The Morgan fingerprint density at radius 2 is 1.88 bits per heavy atom.